The molecule has 1 unspecified atom stereocenters. The standard InChI is InChI=1S/C26H30F2N2O5/c1-25(2,23(32)33)26(3,4)30-22(31)20(13-21(27)28)29-24(34)35-14-19-17-11-7-5-9-15(17)16-10-6-8-12-18(16)19/h5-12,19-21H,13-14H2,1-4H3,(H,29,34)(H,30,31)(H,32,33). The van der Waals surface area contributed by atoms with Gasteiger partial charge < -0.3 is 20.5 Å². The summed E-state index contributed by atoms with van der Waals surface area (Å²) < 4.78 is 31.7. The van der Waals surface area contributed by atoms with Crippen LogP contribution in [0.5, 0.6) is 0 Å². The van der Waals surface area contributed by atoms with Crippen LogP contribution >= 0.6 is 0 Å². The Balaban J connectivity index is 1.70. The highest BCUT2D eigenvalue weighted by Gasteiger charge is 2.45. The summed E-state index contributed by atoms with van der Waals surface area (Å²) in [5.41, 5.74) is 1.36. The lowest BCUT2D eigenvalue weighted by Gasteiger charge is -2.39. The molecule has 0 saturated carbocycles. The molecule has 0 aromatic heterocycles. The van der Waals surface area contributed by atoms with Crippen molar-refractivity contribution in [3.05, 3.63) is 59.7 Å². The summed E-state index contributed by atoms with van der Waals surface area (Å²) in [5.74, 6) is -2.32. The van der Waals surface area contributed by atoms with E-state index >= 15 is 0 Å². The van der Waals surface area contributed by atoms with Gasteiger partial charge in [-0.15, -0.1) is 0 Å². The average Bonchev–Trinajstić information content (AvgIpc) is 3.10. The van der Waals surface area contributed by atoms with E-state index in [9.17, 15) is 28.3 Å². The quantitative estimate of drug-likeness (QED) is 0.480. The molecule has 0 spiro atoms. The van der Waals surface area contributed by atoms with Crippen molar-refractivity contribution in [1.82, 2.24) is 10.6 Å². The van der Waals surface area contributed by atoms with E-state index in [1.54, 1.807) is 0 Å². The van der Waals surface area contributed by atoms with Crippen LogP contribution in [-0.2, 0) is 14.3 Å². The number of carboxylic acid groups (broad SMARTS) is 1. The van der Waals surface area contributed by atoms with E-state index in [0.29, 0.717) is 0 Å². The van der Waals surface area contributed by atoms with Crippen LogP contribution in [0.3, 0.4) is 0 Å². The van der Waals surface area contributed by atoms with Crippen LogP contribution in [0.4, 0.5) is 13.6 Å². The molecular formula is C26H30F2N2O5. The Morgan fingerprint density at radius 2 is 1.49 bits per heavy atom. The SMILES string of the molecule is CC(C)(NC(=O)C(CC(F)F)NC(=O)OCC1c2ccccc2-c2ccccc21)C(C)(C)C(=O)O. The summed E-state index contributed by atoms with van der Waals surface area (Å²) in [7, 11) is 0. The molecule has 0 heterocycles. The number of fused-ring (bicyclic) bond motifs is 3. The third-order valence-corrected chi connectivity index (χ3v) is 6.90. The summed E-state index contributed by atoms with van der Waals surface area (Å²) in [6, 6.07) is 13.9. The molecule has 35 heavy (non-hydrogen) atoms. The summed E-state index contributed by atoms with van der Waals surface area (Å²) in [6.45, 7) is 5.74. The van der Waals surface area contributed by atoms with Crippen LogP contribution in [-0.4, -0.2) is 47.7 Å². The van der Waals surface area contributed by atoms with Gasteiger partial charge in [-0.25, -0.2) is 13.6 Å². The molecule has 1 atom stereocenters. The van der Waals surface area contributed by atoms with E-state index in [4.69, 9.17) is 4.74 Å². The second-order valence-electron chi connectivity index (χ2n) is 9.69. The van der Waals surface area contributed by atoms with Crippen LogP contribution < -0.4 is 10.6 Å². The van der Waals surface area contributed by atoms with E-state index in [2.05, 4.69) is 10.6 Å². The Morgan fingerprint density at radius 1 is 0.971 bits per heavy atom. The predicted octanol–water partition coefficient (Wildman–Crippen LogP) is 4.55. The fourth-order valence-electron chi connectivity index (χ4n) is 4.01. The van der Waals surface area contributed by atoms with Crippen molar-refractivity contribution >= 4 is 18.0 Å². The minimum atomic E-state index is -2.88. The molecule has 9 heteroatoms. The molecule has 7 nitrogen and oxygen atoms in total. The van der Waals surface area contributed by atoms with Gasteiger partial charge in [0.15, 0.2) is 0 Å². The second kappa shape index (κ2) is 10.0. The number of hydrogen-bond donors (Lipinski definition) is 3. The van der Waals surface area contributed by atoms with Gasteiger partial charge in [0.05, 0.1) is 11.0 Å². The molecule has 0 fully saturated rings. The van der Waals surface area contributed by atoms with Crippen molar-refractivity contribution in [3.8, 4) is 11.1 Å². The number of halogens is 2. The van der Waals surface area contributed by atoms with Gasteiger partial charge >= 0.3 is 12.1 Å². The lowest BCUT2D eigenvalue weighted by atomic mass is 9.74. The number of amides is 2. The Bertz CT molecular complexity index is 1070. The molecular weight excluding hydrogens is 458 g/mol. The number of carbonyl (C=O) groups is 3. The normalized spacial score (nSPS) is 14.1. The zero-order chi connectivity index (χ0) is 26.0. The molecule has 3 N–H and O–H groups in total. The van der Waals surface area contributed by atoms with Gasteiger partial charge in [-0.1, -0.05) is 48.5 Å². The molecule has 1 aliphatic rings. The van der Waals surface area contributed by atoms with Gasteiger partial charge in [0.2, 0.25) is 12.3 Å². The van der Waals surface area contributed by atoms with Gasteiger partial charge in [-0.2, -0.15) is 0 Å². The van der Waals surface area contributed by atoms with Crippen molar-refractivity contribution in [2.45, 2.75) is 58.0 Å². The number of rotatable bonds is 9. The molecule has 1 aliphatic carbocycles. The van der Waals surface area contributed by atoms with Crippen LogP contribution in [0.2, 0.25) is 0 Å². The summed E-state index contributed by atoms with van der Waals surface area (Å²) >= 11 is 0. The molecule has 3 rings (SSSR count). The average molecular weight is 489 g/mol. The third-order valence-electron chi connectivity index (χ3n) is 6.90. The highest BCUT2D eigenvalue weighted by molar-refractivity contribution is 5.87. The lowest BCUT2D eigenvalue weighted by molar-refractivity contribution is -0.152. The fraction of sp³-hybridized carbons (Fsp3) is 0.423. The number of aliphatic carboxylic acids is 1. The first-order valence-electron chi connectivity index (χ1n) is 11.3. The maximum absolute atomic E-state index is 13.2. The molecule has 188 valence electrons. The molecule has 2 amide bonds. The first-order chi connectivity index (χ1) is 16.3. The zero-order valence-corrected chi connectivity index (χ0v) is 20.1. The largest absolute Gasteiger partial charge is 0.481 e. The summed E-state index contributed by atoms with van der Waals surface area (Å²) in [4.78, 5) is 36.9. The van der Waals surface area contributed by atoms with Crippen LogP contribution in [0.1, 0.15) is 51.2 Å². The van der Waals surface area contributed by atoms with Gasteiger partial charge in [0.25, 0.3) is 0 Å². The minimum absolute atomic E-state index is 0.0413. The summed E-state index contributed by atoms with van der Waals surface area (Å²) in [5, 5.41) is 14.2. The van der Waals surface area contributed by atoms with Crippen molar-refractivity contribution < 1.29 is 33.0 Å². The van der Waals surface area contributed by atoms with Gasteiger partial charge in [-0.05, 0) is 49.9 Å². The predicted molar refractivity (Wildman–Crippen MR) is 126 cm³/mol. The highest BCUT2D eigenvalue weighted by Crippen LogP contribution is 2.44. The van der Waals surface area contributed by atoms with Crippen molar-refractivity contribution in [2.75, 3.05) is 6.61 Å². The first kappa shape index (κ1) is 26.1. The first-order valence-corrected chi connectivity index (χ1v) is 11.3. The lowest BCUT2D eigenvalue weighted by Crippen LogP contribution is -2.61. The number of carbonyl (C=O) groups excluding carboxylic acids is 2. The van der Waals surface area contributed by atoms with E-state index in [1.165, 1.54) is 27.7 Å². The fourth-order valence-corrected chi connectivity index (χ4v) is 4.01. The Morgan fingerprint density at radius 3 is 1.97 bits per heavy atom. The number of hydrogen-bond acceptors (Lipinski definition) is 4. The van der Waals surface area contributed by atoms with Gasteiger partial charge in [0.1, 0.15) is 12.6 Å². The monoisotopic (exact) mass is 488 g/mol. The maximum atomic E-state index is 13.2. The Hall–Kier alpha value is -3.49. The van der Waals surface area contributed by atoms with Crippen molar-refractivity contribution in [2.24, 2.45) is 5.41 Å². The van der Waals surface area contributed by atoms with Crippen molar-refractivity contribution in [3.63, 3.8) is 0 Å². The van der Waals surface area contributed by atoms with E-state index < -0.39 is 47.8 Å². The van der Waals surface area contributed by atoms with Crippen LogP contribution in [0, 0.1) is 5.41 Å². The molecule has 0 saturated heterocycles. The molecule has 0 aliphatic heterocycles. The van der Waals surface area contributed by atoms with Gasteiger partial charge in [0, 0.05) is 12.3 Å². The van der Waals surface area contributed by atoms with E-state index in [0.717, 1.165) is 22.3 Å². The van der Waals surface area contributed by atoms with Crippen LogP contribution in [0.25, 0.3) is 11.1 Å². The number of alkyl carbamates (subject to hydrolysis) is 1. The van der Waals surface area contributed by atoms with Gasteiger partial charge in [-0.3, -0.25) is 9.59 Å². The zero-order valence-electron chi connectivity index (χ0n) is 20.1. The number of benzene rings is 2. The number of carboxylic acids is 1. The Labute approximate surface area is 202 Å². The maximum Gasteiger partial charge on any atom is 0.407 e. The topological polar surface area (TPSA) is 105 Å². The molecule has 0 bridgehead atoms. The third kappa shape index (κ3) is 5.44. The molecule has 2 aromatic carbocycles. The molecule has 0 radical (unpaired) electrons. The van der Waals surface area contributed by atoms with E-state index in [-0.39, 0.29) is 12.5 Å². The number of ether oxygens (including phenoxy) is 1. The smallest absolute Gasteiger partial charge is 0.407 e. The van der Waals surface area contributed by atoms with E-state index in [1.807, 2.05) is 48.5 Å². The van der Waals surface area contributed by atoms with Crippen molar-refractivity contribution in [1.29, 1.82) is 0 Å². The summed E-state index contributed by atoms with van der Waals surface area (Å²) in [6.07, 6.45) is -4.84. The number of alkyl halides is 2. The van der Waals surface area contributed by atoms with Crippen LogP contribution in [0.15, 0.2) is 48.5 Å². The molecule has 2 aromatic rings. The second-order valence-corrected chi connectivity index (χ2v) is 9.69. The highest BCUT2D eigenvalue weighted by atomic mass is 19.3. The Kier molecular flexibility index (Phi) is 7.47. The minimum Gasteiger partial charge on any atom is -0.481 e. The number of nitrogens with one attached hydrogen (secondary N) is 2.